The summed E-state index contributed by atoms with van der Waals surface area (Å²) in [6.07, 6.45) is 4.35. The van der Waals surface area contributed by atoms with Crippen molar-refractivity contribution in [3.63, 3.8) is 0 Å². The van der Waals surface area contributed by atoms with Crippen molar-refractivity contribution in [3.8, 4) is 0 Å². The third-order valence-corrected chi connectivity index (χ3v) is 4.78. The van der Waals surface area contributed by atoms with Crippen molar-refractivity contribution in [2.24, 2.45) is 5.92 Å². The van der Waals surface area contributed by atoms with E-state index in [2.05, 4.69) is 0 Å². The van der Waals surface area contributed by atoms with Crippen molar-refractivity contribution in [1.82, 2.24) is 4.90 Å². The lowest BCUT2D eigenvalue weighted by molar-refractivity contribution is -0.921. The molecule has 21 heavy (non-hydrogen) atoms. The van der Waals surface area contributed by atoms with Gasteiger partial charge in [-0.3, -0.25) is 4.79 Å². The third-order valence-electron chi connectivity index (χ3n) is 4.78. The second-order valence-electron chi connectivity index (χ2n) is 6.34. The van der Waals surface area contributed by atoms with Crippen LogP contribution in [0.4, 0.5) is 4.39 Å². The first kappa shape index (κ1) is 14.5. The van der Waals surface area contributed by atoms with E-state index in [1.165, 1.54) is 11.0 Å². The van der Waals surface area contributed by atoms with Gasteiger partial charge in [0, 0.05) is 18.7 Å². The number of carbonyl (C=O) groups is 1. The fraction of sp³-hybridized carbons (Fsp3) is 0.588. The highest BCUT2D eigenvalue weighted by molar-refractivity contribution is 5.79. The second-order valence-corrected chi connectivity index (χ2v) is 6.34. The lowest BCUT2D eigenvalue weighted by atomic mass is 9.96. The molecule has 0 saturated carbocycles. The van der Waals surface area contributed by atoms with Crippen LogP contribution in [0.3, 0.4) is 0 Å². The number of piperidine rings is 1. The van der Waals surface area contributed by atoms with Crippen LogP contribution in [0, 0.1) is 11.7 Å². The highest BCUT2D eigenvalue weighted by atomic mass is 19.1. The van der Waals surface area contributed by atoms with Crippen LogP contribution in [0.5, 0.6) is 0 Å². The first-order valence-electron chi connectivity index (χ1n) is 8.10. The summed E-state index contributed by atoms with van der Waals surface area (Å²) in [6, 6.07) is 6.98. The fourth-order valence-electron chi connectivity index (χ4n) is 3.63. The molecule has 1 aromatic carbocycles. The van der Waals surface area contributed by atoms with Gasteiger partial charge in [-0.25, -0.2) is 4.39 Å². The average Bonchev–Trinajstić information content (AvgIpc) is 3.03. The molecule has 0 aliphatic carbocycles. The molecule has 0 radical (unpaired) electrons. The smallest absolute Gasteiger partial charge is 0.231 e. The predicted molar refractivity (Wildman–Crippen MR) is 79.3 cm³/mol. The van der Waals surface area contributed by atoms with Gasteiger partial charge in [0.05, 0.1) is 19.0 Å². The normalized spacial score (nSPS) is 26.0. The van der Waals surface area contributed by atoms with Crippen LogP contribution < -0.4 is 4.90 Å². The van der Waals surface area contributed by atoms with Gasteiger partial charge >= 0.3 is 0 Å². The lowest BCUT2D eigenvalue weighted by Gasteiger charge is -2.31. The molecule has 1 aromatic rings. The van der Waals surface area contributed by atoms with E-state index in [0.29, 0.717) is 12.5 Å². The molecule has 2 unspecified atom stereocenters. The summed E-state index contributed by atoms with van der Waals surface area (Å²) in [4.78, 5) is 15.9. The molecule has 2 aliphatic rings. The molecule has 3 nitrogen and oxygen atoms in total. The number of likely N-dealkylation sites (tertiary alicyclic amines) is 2. The molecule has 2 fully saturated rings. The maximum absolute atomic E-state index is 13.8. The molecule has 2 heterocycles. The van der Waals surface area contributed by atoms with Crippen LogP contribution >= 0.6 is 0 Å². The minimum atomic E-state index is -0.127. The van der Waals surface area contributed by atoms with E-state index in [0.717, 1.165) is 57.4 Å². The highest BCUT2D eigenvalue weighted by Crippen LogP contribution is 2.16. The summed E-state index contributed by atoms with van der Waals surface area (Å²) >= 11 is 0. The minimum absolute atomic E-state index is 0.127. The number of nitrogens with zero attached hydrogens (tertiary/aromatic N) is 1. The molecular weight excluding hydrogens is 267 g/mol. The second kappa shape index (κ2) is 6.56. The van der Waals surface area contributed by atoms with Gasteiger partial charge in [-0.1, -0.05) is 18.2 Å². The molecule has 0 aromatic heterocycles. The van der Waals surface area contributed by atoms with Crippen LogP contribution in [-0.4, -0.2) is 37.0 Å². The predicted octanol–water partition coefficient (Wildman–Crippen LogP) is 1.24. The van der Waals surface area contributed by atoms with E-state index < -0.39 is 0 Å². The Labute approximate surface area is 125 Å². The number of benzene rings is 1. The van der Waals surface area contributed by atoms with Crippen molar-refractivity contribution in [2.45, 2.75) is 32.2 Å². The highest BCUT2D eigenvalue weighted by Gasteiger charge is 2.32. The van der Waals surface area contributed by atoms with Crippen molar-refractivity contribution < 1.29 is 14.1 Å². The van der Waals surface area contributed by atoms with Gasteiger partial charge < -0.3 is 9.80 Å². The molecule has 3 rings (SSSR count). The zero-order valence-corrected chi connectivity index (χ0v) is 12.5. The van der Waals surface area contributed by atoms with Crippen molar-refractivity contribution in [2.75, 3.05) is 26.2 Å². The number of hydrogen-bond donors (Lipinski definition) is 1. The van der Waals surface area contributed by atoms with E-state index in [9.17, 15) is 9.18 Å². The molecule has 4 heteroatoms. The topological polar surface area (TPSA) is 24.8 Å². The summed E-state index contributed by atoms with van der Waals surface area (Å²) in [5.41, 5.74) is 0.766. The van der Waals surface area contributed by atoms with Gasteiger partial charge in [-0.05, 0) is 31.7 Å². The molecule has 1 N–H and O–H groups in total. The van der Waals surface area contributed by atoms with E-state index in [-0.39, 0.29) is 11.7 Å². The average molecular weight is 291 g/mol. The van der Waals surface area contributed by atoms with Crippen LogP contribution in [0.25, 0.3) is 0 Å². The molecule has 1 amide bonds. The van der Waals surface area contributed by atoms with Crippen molar-refractivity contribution in [1.29, 1.82) is 0 Å². The summed E-state index contributed by atoms with van der Waals surface area (Å²) in [6.45, 7) is 4.44. The maximum atomic E-state index is 13.8. The molecule has 0 bridgehead atoms. The van der Waals surface area contributed by atoms with Crippen LogP contribution in [0.15, 0.2) is 24.3 Å². The number of rotatable bonds is 3. The number of nitrogens with one attached hydrogen (secondary N) is 1. The first-order chi connectivity index (χ1) is 10.2. The monoisotopic (exact) mass is 291 g/mol. The summed E-state index contributed by atoms with van der Waals surface area (Å²) in [5, 5.41) is 0. The summed E-state index contributed by atoms with van der Waals surface area (Å²) in [7, 11) is 0. The number of hydrogen-bond acceptors (Lipinski definition) is 1. The summed E-state index contributed by atoms with van der Waals surface area (Å²) < 4.78 is 13.8. The Bertz CT molecular complexity index is 499. The van der Waals surface area contributed by atoms with E-state index in [1.807, 2.05) is 17.0 Å². The Morgan fingerprint density at radius 1 is 1.24 bits per heavy atom. The third kappa shape index (κ3) is 3.43. The molecule has 114 valence electrons. The number of carbonyl (C=O) groups excluding carboxylic acids is 1. The first-order valence-corrected chi connectivity index (χ1v) is 8.10. The Morgan fingerprint density at radius 3 is 2.76 bits per heavy atom. The van der Waals surface area contributed by atoms with Gasteiger partial charge in [-0.2, -0.15) is 0 Å². The maximum Gasteiger partial charge on any atom is 0.231 e. The minimum Gasteiger partial charge on any atom is -0.342 e. The van der Waals surface area contributed by atoms with Crippen LogP contribution in [0.1, 0.15) is 31.2 Å². The molecule has 2 atom stereocenters. The zero-order valence-electron chi connectivity index (χ0n) is 12.5. The molecule has 0 spiro atoms. The quantitative estimate of drug-likeness (QED) is 0.890. The van der Waals surface area contributed by atoms with E-state index >= 15 is 0 Å². The van der Waals surface area contributed by atoms with E-state index in [1.54, 1.807) is 6.07 Å². The number of quaternary nitrogens is 1. The van der Waals surface area contributed by atoms with Crippen molar-refractivity contribution in [3.05, 3.63) is 35.6 Å². The number of halogens is 1. The number of amides is 1. The van der Waals surface area contributed by atoms with Gasteiger partial charge in [0.2, 0.25) is 5.91 Å². The van der Waals surface area contributed by atoms with Crippen LogP contribution in [0.2, 0.25) is 0 Å². The standard InChI is InChI=1S/C17H23FN2O/c18-16-8-2-1-6-14(16)12-19-9-5-7-15(13-19)17(21)20-10-3-4-11-20/h1-2,6,8,15H,3-5,7,9-13H2/p+1. The van der Waals surface area contributed by atoms with Crippen LogP contribution in [-0.2, 0) is 11.3 Å². The molecule has 2 saturated heterocycles. The lowest BCUT2D eigenvalue weighted by Crippen LogP contribution is -3.12. The van der Waals surface area contributed by atoms with Gasteiger partial charge in [0.25, 0.3) is 0 Å². The fourth-order valence-corrected chi connectivity index (χ4v) is 3.63. The van der Waals surface area contributed by atoms with Crippen molar-refractivity contribution >= 4 is 5.91 Å². The SMILES string of the molecule is O=C(C1CCC[NH+](Cc2ccccc2F)C1)N1CCCC1. The Balaban J connectivity index is 1.60. The molecular formula is C17H24FN2O+. The summed E-state index contributed by atoms with van der Waals surface area (Å²) in [5.74, 6) is 0.342. The Morgan fingerprint density at radius 2 is 2.00 bits per heavy atom. The largest absolute Gasteiger partial charge is 0.342 e. The van der Waals surface area contributed by atoms with Gasteiger partial charge in [0.1, 0.15) is 12.4 Å². The van der Waals surface area contributed by atoms with Gasteiger partial charge in [0.15, 0.2) is 0 Å². The van der Waals surface area contributed by atoms with E-state index in [4.69, 9.17) is 0 Å². The zero-order chi connectivity index (χ0) is 14.7. The molecule has 2 aliphatic heterocycles. The Kier molecular flexibility index (Phi) is 4.54. The van der Waals surface area contributed by atoms with Gasteiger partial charge in [-0.15, -0.1) is 0 Å². The Hall–Kier alpha value is -1.42.